The van der Waals surface area contributed by atoms with Crippen LogP contribution in [0.2, 0.25) is 0 Å². The van der Waals surface area contributed by atoms with Crippen LogP contribution in [0.3, 0.4) is 0 Å². The second kappa shape index (κ2) is 4.76. The molecular formula is C16H16O3. The lowest BCUT2D eigenvalue weighted by Crippen LogP contribution is -2.31. The zero-order valence-electron chi connectivity index (χ0n) is 10.9. The van der Waals surface area contributed by atoms with E-state index in [1.165, 1.54) is 6.92 Å². The molecule has 0 aliphatic heterocycles. The molecule has 0 amide bonds. The molecule has 3 nitrogen and oxygen atoms in total. The highest BCUT2D eigenvalue weighted by atomic mass is 16.3. The standard InChI is InChI=1S/C16H16O3/c1-11(17)16(2,12-6-8-14(18)9-7-12)13-4-3-5-15(19)10-13/h3-10,18-19H,1-2H3. The average Bonchev–Trinajstić information content (AvgIpc) is 2.38. The molecule has 0 aliphatic carbocycles. The Hall–Kier alpha value is -2.29. The number of carbonyl (C=O) groups is 1. The molecule has 1 atom stereocenters. The number of carbonyl (C=O) groups excluding carboxylic acids is 1. The summed E-state index contributed by atoms with van der Waals surface area (Å²) in [6.07, 6.45) is 0. The van der Waals surface area contributed by atoms with E-state index < -0.39 is 5.41 Å². The van der Waals surface area contributed by atoms with Crippen molar-refractivity contribution in [1.82, 2.24) is 0 Å². The van der Waals surface area contributed by atoms with Gasteiger partial charge < -0.3 is 10.2 Å². The third-order valence-corrected chi connectivity index (χ3v) is 3.57. The number of ketones is 1. The van der Waals surface area contributed by atoms with Gasteiger partial charge in [-0.15, -0.1) is 0 Å². The smallest absolute Gasteiger partial charge is 0.144 e. The first-order valence-electron chi connectivity index (χ1n) is 6.04. The molecule has 0 bridgehead atoms. The zero-order chi connectivity index (χ0) is 14.0. The van der Waals surface area contributed by atoms with Crippen LogP contribution in [-0.4, -0.2) is 16.0 Å². The molecule has 1 unspecified atom stereocenters. The maximum atomic E-state index is 12.1. The summed E-state index contributed by atoms with van der Waals surface area (Å²) in [5.74, 6) is 0.262. The van der Waals surface area contributed by atoms with Gasteiger partial charge in [-0.25, -0.2) is 0 Å². The summed E-state index contributed by atoms with van der Waals surface area (Å²) in [4.78, 5) is 12.1. The Bertz CT molecular complexity index is 602. The van der Waals surface area contributed by atoms with E-state index in [0.29, 0.717) is 0 Å². The first kappa shape index (κ1) is 13.1. The normalized spacial score (nSPS) is 13.8. The first-order chi connectivity index (χ1) is 8.94. The molecule has 2 rings (SSSR count). The monoisotopic (exact) mass is 256 g/mol. The van der Waals surface area contributed by atoms with Gasteiger partial charge in [0.2, 0.25) is 0 Å². The van der Waals surface area contributed by atoms with Gasteiger partial charge in [0.15, 0.2) is 0 Å². The Kier molecular flexibility index (Phi) is 3.30. The third kappa shape index (κ3) is 2.32. The highest BCUT2D eigenvalue weighted by molar-refractivity contribution is 5.91. The van der Waals surface area contributed by atoms with Crippen molar-refractivity contribution in [1.29, 1.82) is 0 Å². The molecule has 19 heavy (non-hydrogen) atoms. The Morgan fingerprint density at radius 3 is 2.11 bits per heavy atom. The van der Waals surface area contributed by atoms with Crippen molar-refractivity contribution < 1.29 is 15.0 Å². The van der Waals surface area contributed by atoms with Crippen molar-refractivity contribution in [2.24, 2.45) is 0 Å². The lowest BCUT2D eigenvalue weighted by atomic mass is 9.73. The van der Waals surface area contributed by atoms with E-state index in [9.17, 15) is 15.0 Å². The van der Waals surface area contributed by atoms with Gasteiger partial charge in [0.1, 0.15) is 17.3 Å². The number of rotatable bonds is 3. The van der Waals surface area contributed by atoms with Gasteiger partial charge in [0.05, 0.1) is 5.41 Å². The topological polar surface area (TPSA) is 57.5 Å². The summed E-state index contributed by atoms with van der Waals surface area (Å²) < 4.78 is 0. The summed E-state index contributed by atoms with van der Waals surface area (Å²) in [6, 6.07) is 13.2. The predicted molar refractivity (Wildman–Crippen MR) is 73.3 cm³/mol. The molecule has 2 aromatic carbocycles. The lowest BCUT2D eigenvalue weighted by Gasteiger charge is -2.28. The minimum atomic E-state index is -0.841. The second-order valence-electron chi connectivity index (χ2n) is 4.78. The van der Waals surface area contributed by atoms with Crippen LogP contribution in [0.25, 0.3) is 0 Å². The van der Waals surface area contributed by atoms with Crippen LogP contribution in [0, 0.1) is 0 Å². The predicted octanol–water partition coefficient (Wildman–Crippen LogP) is 2.99. The molecule has 0 radical (unpaired) electrons. The Labute approximate surface area is 112 Å². The quantitative estimate of drug-likeness (QED) is 0.887. The number of hydrogen-bond donors (Lipinski definition) is 2. The van der Waals surface area contributed by atoms with Crippen molar-refractivity contribution in [2.75, 3.05) is 0 Å². The van der Waals surface area contributed by atoms with Crippen LogP contribution < -0.4 is 0 Å². The first-order valence-corrected chi connectivity index (χ1v) is 6.04. The van der Waals surface area contributed by atoms with Crippen LogP contribution >= 0.6 is 0 Å². The fourth-order valence-electron chi connectivity index (χ4n) is 2.18. The zero-order valence-corrected chi connectivity index (χ0v) is 10.9. The number of hydrogen-bond acceptors (Lipinski definition) is 3. The summed E-state index contributed by atoms with van der Waals surface area (Å²) in [5, 5.41) is 18.9. The van der Waals surface area contributed by atoms with E-state index in [-0.39, 0.29) is 17.3 Å². The summed E-state index contributed by atoms with van der Waals surface area (Å²) in [7, 11) is 0. The molecule has 0 fully saturated rings. The minimum Gasteiger partial charge on any atom is -0.508 e. The van der Waals surface area contributed by atoms with Crippen molar-refractivity contribution in [3.63, 3.8) is 0 Å². The summed E-state index contributed by atoms with van der Waals surface area (Å²) in [5.41, 5.74) is 0.668. The number of Topliss-reactive ketones (excluding diaryl/α,β-unsaturated/α-hetero) is 1. The number of benzene rings is 2. The maximum absolute atomic E-state index is 12.1. The fraction of sp³-hybridized carbons (Fsp3) is 0.188. The molecule has 0 heterocycles. The van der Waals surface area contributed by atoms with Crippen molar-refractivity contribution in [3.8, 4) is 11.5 Å². The number of phenols is 2. The molecule has 0 saturated carbocycles. The average molecular weight is 256 g/mol. The van der Waals surface area contributed by atoms with Gasteiger partial charge in [-0.05, 0) is 49.2 Å². The van der Waals surface area contributed by atoms with Gasteiger partial charge >= 0.3 is 0 Å². The van der Waals surface area contributed by atoms with E-state index in [1.54, 1.807) is 42.5 Å². The van der Waals surface area contributed by atoms with Crippen molar-refractivity contribution in [3.05, 3.63) is 59.7 Å². The largest absolute Gasteiger partial charge is 0.508 e. The summed E-state index contributed by atoms with van der Waals surface area (Å²) in [6.45, 7) is 3.34. The second-order valence-corrected chi connectivity index (χ2v) is 4.78. The molecule has 0 aliphatic rings. The van der Waals surface area contributed by atoms with Crippen LogP contribution in [0.4, 0.5) is 0 Å². The highest BCUT2D eigenvalue weighted by Gasteiger charge is 2.34. The van der Waals surface area contributed by atoms with E-state index >= 15 is 0 Å². The van der Waals surface area contributed by atoms with Gasteiger partial charge in [0, 0.05) is 0 Å². The molecule has 2 N–H and O–H groups in total. The van der Waals surface area contributed by atoms with Crippen LogP contribution in [0.1, 0.15) is 25.0 Å². The van der Waals surface area contributed by atoms with Gasteiger partial charge in [-0.2, -0.15) is 0 Å². The third-order valence-electron chi connectivity index (χ3n) is 3.57. The molecule has 2 aromatic rings. The molecule has 98 valence electrons. The molecule has 0 aromatic heterocycles. The van der Waals surface area contributed by atoms with Gasteiger partial charge in [-0.1, -0.05) is 24.3 Å². The molecular weight excluding hydrogens is 240 g/mol. The highest BCUT2D eigenvalue weighted by Crippen LogP contribution is 2.35. The van der Waals surface area contributed by atoms with E-state index in [2.05, 4.69) is 0 Å². The maximum Gasteiger partial charge on any atom is 0.144 e. The molecule has 0 saturated heterocycles. The van der Waals surface area contributed by atoms with E-state index in [4.69, 9.17) is 0 Å². The SMILES string of the molecule is CC(=O)C(C)(c1ccc(O)cc1)c1cccc(O)c1. The van der Waals surface area contributed by atoms with E-state index in [1.807, 2.05) is 13.0 Å². The van der Waals surface area contributed by atoms with E-state index in [0.717, 1.165) is 11.1 Å². The van der Waals surface area contributed by atoms with Crippen molar-refractivity contribution >= 4 is 5.78 Å². The Balaban J connectivity index is 2.61. The number of phenolic OH excluding ortho intramolecular Hbond substituents is 2. The fourth-order valence-corrected chi connectivity index (χ4v) is 2.18. The van der Waals surface area contributed by atoms with Crippen LogP contribution in [-0.2, 0) is 10.2 Å². The molecule has 0 spiro atoms. The van der Waals surface area contributed by atoms with Crippen molar-refractivity contribution in [2.45, 2.75) is 19.3 Å². The molecule has 3 heteroatoms. The lowest BCUT2D eigenvalue weighted by molar-refractivity contribution is -0.120. The van der Waals surface area contributed by atoms with Crippen LogP contribution in [0.15, 0.2) is 48.5 Å². The summed E-state index contributed by atoms with van der Waals surface area (Å²) >= 11 is 0. The Morgan fingerprint density at radius 2 is 1.58 bits per heavy atom. The Morgan fingerprint density at radius 1 is 0.947 bits per heavy atom. The van der Waals surface area contributed by atoms with Gasteiger partial charge in [0.25, 0.3) is 0 Å². The minimum absolute atomic E-state index is 0.0243. The number of aromatic hydroxyl groups is 2. The van der Waals surface area contributed by atoms with Crippen LogP contribution in [0.5, 0.6) is 11.5 Å². The van der Waals surface area contributed by atoms with Gasteiger partial charge in [-0.3, -0.25) is 4.79 Å².